The van der Waals surface area contributed by atoms with E-state index in [9.17, 15) is 9.59 Å². The number of benzene rings is 1. The summed E-state index contributed by atoms with van der Waals surface area (Å²) >= 11 is 3.31. The SMILES string of the molecule is CC(NC(=O)c1cc(Br)ccc1N)C(=O)N1CCCCC1. The first kappa shape index (κ1) is 15.8. The molecule has 1 unspecified atom stereocenters. The van der Waals surface area contributed by atoms with Gasteiger partial charge in [-0.15, -0.1) is 0 Å². The maximum Gasteiger partial charge on any atom is 0.254 e. The van der Waals surface area contributed by atoms with Crippen molar-refractivity contribution in [3.63, 3.8) is 0 Å². The molecule has 1 aromatic rings. The molecule has 6 heteroatoms. The van der Waals surface area contributed by atoms with Crippen LogP contribution in [0.3, 0.4) is 0 Å². The number of nitrogen functional groups attached to an aromatic ring is 1. The van der Waals surface area contributed by atoms with Crippen molar-refractivity contribution in [2.24, 2.45) is 0 Å². The van der Waals surface area contributed by atoms with Gasteiger partial charge in [0.2, 0.25) is 5.91 Å². The van der Waals surface area contributed by atoms with Crippen molar-refractivity contribution in [2.45, 2.75) is 32.2 Å². The van der Waals surface area contributed by atoms with Gasteiger partial charge >= 0.3 is 0 Å². The summed E-state index contributed by atoms with van der Waals surface area (Å²) in [5, 5.41) is 2.73. The van der Waals surface area contributed by atoms with E-state index in [1.807, 2.05) is 4.90 Å². The van der Waals surface area contributed by atoms with Crippen LogP contribution in [-0.2, 0) is 4.79 Å². The number of anilines is 1. The number of rotatable bonds is 3. The lowest BCUT2D eigenvalue weighted by molar-refractivity contribution is -0.133. The van der Waals surface area contributed by atoms with E-state index in [-0.39, 0.29) is 11.8 Å². The van der Waals surface area contributed by atoms with Crippen molar-refractivity contribution in [1.29, 1.82) is 0 Å². The van der Waals surface area contributed by atoms with Crippen molar-refractivity contribution in [3.05, 3.63) is 28.2 Å². The van der Waals surface area contributed by atoms with Crippen LogP contribution in [-0.4, -0.2) is 35.8 Å². The number of nitrogens with two attached hydrogens (primary N) is 1. The second kappa shape index (κ2) is 6.93. The Morgan fingerprint density at radius 3 is 2.62 bits per heavy atom. The van der Waals surface area contributed by atoms with Gasteiger partial charge in [-0.25, -0.2) is 0 Å². The minimum atomic E-state index is -0.547. The largest absolute Gasteiger partial charge is 0.398 e. The van der Waals surface area contributed by atoms with Crippen molar-refractivity contribution in [2.75, 3.05) is 18.8 Å². The molecule has 21 heavy (non-hydrogen) atoms. The van der Waals surface area contributed by atoms with E-state index >= 15 is 0 Å². The molecule has 2 rings (SSSR count). The van der Waals surface area contributed by atoms with E-state index in [0.29, 0.717) is 11.3 Å². The predicted octanol–water partition coefficient (Wildman–Crippen LogP) is 2.16. The van der Waals surface area contributed by atoms with Crippen molar-refractivity contribution in [3.8, 4) is 0 Å². The highest BCUT2D eigenvalue weighted by Crippen LogP contribution is 2.18. The number of hydrogen-bond donors (Lipinski definition) is 2. The maximum absolute atomic E-state index is 12.3. The first-order chi connectivity index (χ1) is 9.99. The summed E-state index contributed by atoms with van der Waals surface area (Å²) < 4.78 is 0.775. The van der Waals surface area contributed by atoms with E-state index in [1.54, 1.807) is 25.1 Å². The van der Waals surface area contributed by atoms with Crippen molar-refractivity contribution in [1.82, 2.24) is 10.2 Å². The molecule has 0 aromatic heterocycles. The highest BCUT2D eigenvalue weighted by atomic mass is 79.9. The minimum Gasteiger partial charge on any atom is -0.398 e. The first-order valence-corrected chi connectivity index (χ1v) is 7.93. The molecule has 114 valence electrons. The van der Waals surface area contributed by atoms with E-state index in [4.69, 9.17) is 5.73 Å². The topological polar surface area (TPSA) is 75.4 Å². The fourth-order valence-electron chi connectivity index (χ4n) is 2.45. The van der Waals surface area contributed by atoms with Crippen LogP contribution >= 0.6 is 15.9 Å². The van der Waals surface area contributed by atoms with E-state index in [1.165, 1.54) is 6.42 Å². The molecule has 5 nitrogen and oxygen atoms in total. The molecule has 0 radical (unpaired) electrons. The molecule has 1 heterocycles. The zero-order valence-corrected chi connectivity index (χ0v) is 13.6. The number of hydrogen-bond acceptors (Lipinski definition) is 3. The van der Waals surface area contributed by atoms with E-state index in [0.717, 1.165) is 30.4 Å². The molecule has 0 aliphatic carbocycles. The lowest BCUT2D eigenvalue weighted by Gasteiger charge is -2.29. The Morgan fingerprint density at radius 2 is 1.95 bits per heavy atom. The fraction of sp³-hybridized carbons (Fsp3) is 0.467. The van der Waals surface area contributed by atoms with Crippen LogP contribution in [0.1, 0.15) is 36.5 Å². The average molecular weight is 354 g/mol. The predicted molar refractivity (Wildman–Crippen MR) is 85.9 cm³/mol. The Morgan fingerprint density at radius 1 is 1.29 bits per heavy atom. The van der Waals surface area contributed by atoms with Crippen LogP contribution in [0.5, 0.6) is 0 Å². The van der Waals surface area contributed by atoms with Crippen LogP contribution in [0.15, 0.2) is 22.7 Å². The smallest absolute Gasteiger partial charge is 0.254 e. The molecule has 3 N–H and O–H groups in total. The number of likely N-dealkylation sites (tertiary alicyclic amines) is 1. The molecule has 1 aromatic carbocycles. The number of carbonyl (C=O) groups excluding carboxylic acids is 2. The van der Waals surface area contributed by atoms with Gasteiger partial charge in [-0.3, -0.25) is 9.59 Å². The van der Waals surface area contributed by atoms with E-state index in [2.05, 4.69) is 21.2 Å². The molecule has 0 bridgehead atoms. The molecule has 1 aliphatic rings. The highest BCUT2D eigenvalue weighted by molar-refractivity contribution is 9.10. The molecule has 2 amide bonds. The van der Waals surface area contributed by atoms with Gasteiger partial charge in [0, 0.05) is 23.2 Å². The number of carbonyl (C=O) groups is 2. The van der Waals surface area contributed by atoms with Crippen molar-refractivity contribution >= 4 is 33.4 Å². The Balaban J connectivity index is 2.01. The van der Waals surface area contributed by atoms with Crippen LogP contribution < -0.4 is 11.1 Å². The number of piperidine rings is 1. The lowest BCUT2D eigenvalue weighted by atomic mass is 10.1. The molecule has 1 atom stereocenters. The third-order valence-corrected chi connectivity index (χ3v) is 4.14. The number of nitrogens with zero attached hydrogens (tertiary/aromatic N) is 1. The van der Waals surface area contributed by atoms with Gasteiger partial charge in [0.05, 0.1) is 5.56 Å². The third-order valence-electron chi connectivity index (χ3n) is 3.65. The second-order valence-electron chi connectivity index (χ2n) is 5.31. The average Bonchev–Trinajstić information content (AvgIpc) is 2.49. The Kier molecular flexibility index (Phi) is 5.22. The van der Waals surface area contributed by atoms with Crippen LogP contribution in [0.25, 0.3) is 0 Å². The minimum absolute atomic E-state index is 0.0309. The molecule has 1 fully saturated rings. The van der Waals surface area contributed by atoms with Crippen LogP contribution in [0.4, 0.5) is 5.69 Å². The van der Waals surface area contributed by atoms with Gasteiger partial charge in [0.15, 0.2) is 0 Å². The summed E-state index contributed by atoms with van der Waals surface area (Å²) in [7, 11) is 0. The van der Waals surface area contributed by atoms with Crippen LogP contribution in [0, 0.1) is 0 Å². The van der Waals surface area contributed by atoms with Crippen LogP contribution in [0.2, 0.25) is 0 Å². The molecule has 0 saturated carbocycles. The zero-order valence-electron chi connectivity index (χ0n) is 12.1. The highest BCUT2D eigenvalue weighted by Gasteiger charge is 2.24. The molecular weight excluding hydrogens is 334 g/mol. The van der Waals surface area contributed by atoms with Gasteiger partial charge < -0.3 is 16.0 Å². The monoisotopic (exact) mass is 353 g/mol. The summed E-state index contributed by atoms with van der Waals surface area (Å²) in [6.45, 7) is 3.26. The Hall–Kier alpha value is -1.56. The second-order valence-corrected chi connectivity index (χ2v) is 6.23. The standard InChI is InChI=1S/C15H20BrN3O2/c1-10(15(21)19-7-3-2-4-8-19)18-14(20)12-9-11(16)5-6-13(12)17/h5-6,9-10H,2-4,7-8,17H2,1H3,(H,18,20). The van der Waals surface area contributed by atoms with Gasteiger partial charge in [0.1, 0.15) is 6.04 Å². The zero-order chi connectivity index (χ0) is 15.4. The number of halogens is 1. The normalized spacial score (nSPS) is 16.4. The summed E-state index contributed by atoms with van der Waals surface area (Å²) in [5.74, 6) is -0.358. The molecular formula is C15H20BrN3O2. The number of amides is 2. The lowest BCUT2D eigenvalue weighted by Crippen LogP contribution is -2.48. The van der Waals surface area contributed by atoms with E-state index < -0.39 is 6.04 Å². The van der Waals surface area contributed by atoms with Crippen molar-refractivity contribution < 1.29 is 9.59 Å². The third kappa shape index (κ3) is 3.97. The number of nitrogens with one attached hydrogen (secondary N) is 1. The van der Waals surface area contributed by atoms with Gasteiger partial charge in [-0.05, 0) is 44.4 Å². The maximum atomic E-state index is 12.3. The fourth-order valence-corrected chi connectivity index (χ4v) is 2.81. The van der Waals surface area contributed by atoms with Gasteiger partial charge in [-0.1, -0.05) is 15.9 Å². The first-order valence-electron chi connectivity index (χ1n) is 7.13. The summed E-state index contributed by atoms with van der Waals surface area (Å²) in [4.78, 5) is 26.3. The summed E-state index contributed by atoms with van der Waals surface area (Å²) in [6.07, 6.45) is 3.23. The Labute approximate surface area is 133 Å². The van der Waals surface area contributed by atoms with Gasteiger partial charge in [-0.2, -0.15) is 0 Å². The molecule has 1 aliphatic heterocycles. The Bertz CT molecular complexity index is 542. The molecule has 1 saturated heterocycles. The summed E-state index contributed by atoms with van der Waals surface area (Å²) in [5.41, 5.74) is 6.58. The molecule has 0 spiro atoms. The summed E-state index contributed by atoms with van der Waals surface area (Å²) in [6, 6.07) is 4.54. The van der Waals surface area contributed by atoms with Gasteiger partial charge in [0.25, 0.3) is 5.91 Å². The quantitative estimate of drug-likeness (QED) is 0.817.